The van der Waals surface area contributed by atoms with Gasteiger partial charge in [-0.15, -0.1) is 0 Å². The quantitative estimate of drug-likeness (QED) is 0.248. The molecule has 2 aromatic carbocycles. The maximum absolute atomic E-state index is 13.6. The summed E-state index contributed by atoms with van der Waals surface area (Å²) in [6.45, 7) is 6.71. The molecule has 1 aromatic heterocycles. The van der Waals surface area contributed by atoms with Crippen molar-refractivity contribution >= 4 is 35.0 Å². The number of carbonyl (C=O) groups is 2. The van der Waals surface area contributed by atoms with Crippen LogP contribution in [0.5, 0.6) is 0 Å². The van der Waals surface area contributed by atoms with Crippen molar-refractivity contribution in [3.8, 4) is 0 Å². The number of amides is 2. The monoisotopic (exact) mass is 543 g/mol. The molecule has 0 aliphatic heterocycles. The van der Waals surface area contributed by atoms with E-state index < -0.39 is 0 Å². The Morgan fingerprint density at radius 3 is 2.38 bits per heavy atom. The van der Waals surface area contributed by atoms with Gasteiger partial charge in [0.05, 0.1) is 6.54 Å². The lowest BCUT2D eigenvalue weighted by atomic mass is 10.1. The van der Waals surface area contributed by atoms with Crippen molar-refractivity contribution in [1.29, 1.82) is 0 Å². The summed E-state index contributed by atoms with van der Waals surface area (Å²) in [6, 6.07) is 18.5. The van der Waals surface area contributed by atoms with Crippen LogP contribution in [0.4, 0.5) is 0 Å². The number of ether oxygens (including phenoxy) is 1. The number of aromatic nitrogens is 1. The molecule has 0 N–H and O–H groups in total. The van der Waals surface area contributed by atoms with Gasteiger partial charge in [0.2, 0.25) is 5.91 Å². The van der Waals surface area contributed by atoms with E-state index in [2.05, 4.69) is 18.4 Å². The zero-order chi connectivity index (χ0) is 26.8. The fourth-order valence-corrected chi connectivity index (χ4v) is 4.46. The van der Waals surface area contributed by atoms with Crippen LogP contribution in [0, 0.1) is 5.92 Å². The third-order valence-corrected chi connectivity index (χ3v) is 6.61. The average Bonchev–Trinajstić information content (AvgIpc) is 3.30. The van der Waals surface area contributed by atoms with E-state index in [0.29, 0.717) is 54.8 Å². The number of hydrogen-bond acceptors (Lipinski definition) is 3. The van der Waals surface area contributed by atoms with Crippen LogP contribution in [0.2, 0.25) is 10.0 Å². The van der Waals surface area contributed by atoms with Gasteiger partial charge >= 0.3 is 0 Å². The first kappa shape index (κ1) is 28.8. The highest BCUT2D eigenvalue weighted by Crippen LogP contribution is 2.19. The average molecular weight is 545 g/mol. The highest BCUT2D eigenvalue weighted by molar-refractivity contribution is 6.31. The molecule has 0 spiro atoms. The van der Waals surface area contributed by atoms with Crippen LogP contribution in [-0.4, -0.2) is 59.5 Å². The highest BCUT2D eigenvalue weighted by Gasteiger charge is 2.24. The number of hydrogen-bond donors (Lipinski definition) is 0. The summed E-state index contributed by atoms with van der Waals surface area (Å²) in [5.41, 5.74) is 2.52. The zero-order valence-corrected chi connectivity index (χ0v) is 23.2. The van der Waals surface area contributed by atoms with E-state index in [4.69, 9.17) is 27.9 Å². The van der Waals surface area contributed by atoms with Crippen molar-refractivity contribution in [2.45, 2.75) is 33.4 Å². The van der Waals surface area contributed by atoms with Crippen molar-refractivity contribution < 1.29 is 14.3 Å². The molecular weight excluding hydrogens is 509 g/mol. The SMILES string of the molecule is COCCCN(CC(=O)N(Cc1cccn1Cc1ccccc1Cl)CC(C)C)C(=O)c1ccc(Cl)cc1. The van der Waals surface area contributed by atoms with Crippen LogP contribution in [0.1, 0.15) is 41.9 Å². The first-order valence-corrected chi connectivity index (χ1v) is 13.2. The van der Waals surface area contributed by atoms with Gasteiger partial charge < -0.3 is 19.1 Å². The van der Waals surface area contributed by atoms with Gasteiger partial charge in [-0.25, -0.2) is 0 Å². The summed E-state index contributed by atoms with van der Waals surface area (Å²) in [5, 5.41) is 1.27. The summed E-state index contributed by atoms with van der Waals surface area (Å²) in [5.74, 6) is -0.0310. The summed E-state index contributed by atoms with van der Waals surface area (Å²) >= 11 is 12.4. The predicted octanol–water partition coefficient (Wildman–Crippen LogP) is 6.01. The lowest BCUT2D eigenvalue weighted by molar-refractivity contribution is -0.133. The molecule has 0 saturated carbocycles. The summed E-state index contributed by atoms with van der Waals surface area (Å²) in [6.07, 6.45) is 2.63. The van der Waals surface area contributed by atoms with E-state index >= 15 is 0 Å². The molecule has 3 aromatic rings. The van der Waals surface area contributed by atoms with Crippen LogP contribution in [0.3, 0.4) is 0 Å². The Labute approximate surface area is 229 Å². The Kier molecular flexibility index (Phi) is 11.1. The van der Waals surface area contributed by atoms with Crippen LogP contribution >= 0.6 is 23.2 Å². The zero-order valence-electron chi connectivity index (χ0n) is 21.7. The van der Waals surface area contributed by atoms with E-state index in [1.807, 2.05) is 47.5 Å². The second-order valence-corrected chi connectivity index (χ2v) is 10.3. The van der Waals surface area contributed by atoms with E-state index in [0.717, 1.165) is 11.3 Å². The number of methoxy groups -OCH3 is 1. The molecule has 0 atom stereocenters. The molecule has 0 radical (unpaired) electrons. The van der Waals surface area contributed by atoms with Gasteiger partial charge in [0.15, 0.2) is 0 Å². The second kappa shape index (κ2) is 14.2. The molecule has 6 nitrogen and oxygen atoms in total. The van der Waals surface area contributed by atoms with Gasteiger partial charge in [0.25, 0.3) is 5.91 Å². The molecule has 37 heavy (non-hydrogen) atoms. The summed E-state index contributed by atoms with van der Waals surface area (Å²) in [4.78, 5) is 30.3. The molecule has 3 rings (SSSR count). The van der Waals surface area contributed by atoms with E-state index in [9.17, 15) is 9.59 Å². The van der Waals surface area contributed by atoms with E-state index in [1.165, 1.54) is 0 Å². The Balaban J connectivity index is 1.78. The van der Waals surface area contributed by atoms with Crippen molar-refractivity contribution in [1.82, 2.24) is 14.4 Å². The van der Waals surface area contributed by atoms with Crippen LogP contribution in [0.15, 0.2) is 66.9 Å². The lowest BCUT2D eigenvalue weighted by Crippen LogP contribution is -2.44. The third kappa shape index (κ3) is 8.63. The molecule has 8 heteroatoms. The molecule has 0 unspecified atom stereocenters. The molecule has 198 valence electrons. The Morgan fingerprint density at radius 2 is 1.70 bits per heavy atom. The molecule has 0 fully saturated rings. The van der Waals surface area contributed by atoms with Gasteiger partial charge in [-0.2, -0.15) is 0 Å². The maximum atomic E-state index is 13.6. The maximum Gasteiger partial charge on any atom is 0.254 e. The molecule has 0 bridgehead atoms. The van der Waals surface area contributed by atoms with E-state index in [1.54, 1.807) is 36.3 Å². The number of carbonyl (C=O) groups excluding carboxylic acids is 2. The van der Waals surface area contributed by atoms with Gasteiger partial charge in [-0.05, 0) is 60.4 Å². The third-order valence-electron chi connectivity index (χ3n) is 5.99. The number of benzene rings is 2. The van der Waals surface area contributed by atoms with Crippen LogP contribution in [-0.2, 0) is 22.6 Å². The molecule has 0 aliphatic carbocycles. The van der Waals surface area contributed by atoms with Gasteiger partial charge in [0, 0.05) is 60.9 Å². The van der Waals surface area contributed by atoms with Crippen molar-refractivity contribution in [2.24, 2.45) is 5.92 Å². The highest BCUT2D eigenvalue weighted by atomic mass is 35.5. The van der Waals surface area contributed by atoms with Gasteiger partial charge in [-0.3, -0.25) is 9.59 Å². The predicted molar refractivity (Wildman–Crippen MR) is 149 cm³/mol. The minimum absolute atomic E-state index is 0.0108. The number of nitrogens with zero attached hydrogens (tertiary/aromatic N) is 3. The first-order valence-electron chi connectivity index (χ1n) is 12.5. The lowest BCUT2D eigenvalue weighted by Gasteiger charge is -2.29. The fourth-order valence-electron chi connectivity index (χ4n) is 4.14. The van der Waals surface area contributed by atoms with Gasteiger partial charge in [-0.1, -0.05) is 55.2 Å². The first-order chi connectivity index (χ1) is 17.8. The smallest absolute Gasteiger partial charge is 0.254 e. The second-order valence-electron chi connectivity index (χ2n) is 9.47. The van der Waals surface area contributed by atoms with Crippen molar-refractivity contribution in [2.75, 3.05) is 33.4 Å². The standard InChI is InChI=1S/C29H35Cl2N3O3/c1-22(2)18-34(20-26-9-6-15-32(26)19-24-8-4-5-10-27(24)31)28(35)21-33(16-7-17-37-3)29(36)23-11-13-25(30)14-12-23/h4-6,8-15,22H,7,16-21H2,1-3H3. The normalized spacial score (nSPS) is 11.1. The summed E-state index contributed by atoms with van der Waals surface area (Å²) in [7, 11) is 1.62. The number of halogens is 2. The minimum atomic E-state index is -0.201. The van der Waals surface area contributed by atoms with Crippen molar-refractivity contribution in [3.63, 3.8) is 0 Å². The fraction of sp³-hybridized carbons (Fsp3) is 0.379. The minimum Gasteiger partial charge on any atom is -0.385 e. The molecule has 0 aliphatic rings. The van der Waals surface area contributed by atoms with Gasteiger partial charge in [0.1, 0.15) is 6.54 Å². The van der Waals surface area contributed by atoms with E-state index in [-0.39, 0.29) is 24.3 Å². The van der Waals surface area contributed by atoms with Crippen LogP contribution in [0.25, 0.3) is 0 Å². The molecule has 1 heterocycles. The molecule has 0 saturated heterocycles. The molecular formula is C29H35Cl2N3O3. The molecule has 2 amide bonds. The van der Waals surface area contributed by atoms with Crippen molar-refractivity contribution in [3.05, 3.63) is 93.7 Å². The largest absolute Gasteiger partial charge is 0.385 e. The Morgan fingerprint density at radius 1 is 0.973 bits per heavy atom. The Bertz CT molecular complexity index is 1160. The number of rotatable bonds is 13. The summed E-state index contributed by atoms with van der Waals surface area (Å²) < 4.78 is 7.28. The van der Waals surface area contributed by atoms with Crippen LogP contribution < -0.4 is 0 Å². The topological polar surface area (TPSA) is 54.8 Å². The Hall–Kier alpha value is -2.80.